The lowest BCUT2D eigenvalue weighted by molar-refractivity contribution is 0.238. The Morgan fingerprint density at radius 1 is 1.14 bits per heavy atom. The van der Waals surface area contributed by atoms with Crippen molar-refractivity contribution < 1.29 is 9.53 Å². The Kier molecular flexibility index (Phi) is 6.38. The molecule has 1 fully saturated rings. The van der Waals surface area contributed by atoms with Crippen molar-refractivity contribution in [3.8, 4) is 5.75 Å². The number of nitrogens with one attached hydrogen (secondary N) is 2. The van der Waals surface area contributed by atoms with Crippen molar-refractivity contribution in [2.75, 3.05) is 13.7 Å². The third kappa shape index (κ3) is 5.66. The van der Waals surface area contributed by atoms with E-state index in [0.717, 1.165) is 30.2 Å². The van der Waals surface area contributed by atoms with Crippen molar-refractivity contribution in [3.05, 3.63) is 29.8 Å². The van der Waals surface area contributed by atoms with Crippen LogP contribution in [0.3, 0.4) is 0 Å². The summed E-state index contributed by atoms with van der Waals surface area (Å²) in [5, 5.41) is 5.83. The highest BCUT2D eigenvalue weighted by Gasteiger charge is 2.13. The van der Waals surface area contributed by atoms with Gasteiger partial charge in [0.1, 0.15) is 5.75 Å². The number of ether oxygens (including phenoxy) is 1. The summed E-state index contributed by atoms with van der Waals surface area (Å²) in [6, 6.07) is 7.64. The van der Waals surface area contributed by atoms with Crippen molar-refractivity contribution in [3.63, 3.8) is 0 Å². The van der Waals surface area contributed by atoms with Gasteiger partial charge in [-0.15, -0.1) is 0 Å². The first-order chi connectivity index (χ1) is 10.3. The fourth-order valence-electron chi connectivity index (χ4n) is 2.85. The maximum atomic E-state index is 11.7. The molecule has 1 saturated carbocycles. The maximum absolute atomic E-state index is 11.7. The second kappa shape index (κ2) is 8.55. The van der Waals surface area contributed by atoms with E-state index in [2.05, 4.69) is 10.6 Å². The molecule has 0 heterocycles. The van der Waals surface area contributed by atoms with Crippen LogP contribution in [0.1, 0.15) is 44.1 Å². The van der Waals surface area contributed by atoms with Gasteiger partial charge in [0.05, 0.1) is 7.11 Å². The molecule has 4 nitrogen and oxygen atoms in total. The fraction of sp³-hybridized carbons (Fsp3) is 0.588. The summed E-state index contributed by atoms with van der Waals surface area (Å²) in [7, 11) is 1.65. The molecule has 0 bridgehead atoms. The Bertz CT molecular complexity index is 425. The average molecular weight is 290 g/mol. The van der Waals surface area contributed by atoms with Gasteiger partial charge in [0.2, 0.25) is 0 Å². The molecular weight excluding hydrogens is 264 g/mol. The Labute approximate surface area is 127 Å². The lowest BCUT2D eigenvalue weighted by atomic mass is 9.87. The number of carbonyl (C=O) groups is 1. The zero-order chi connectivity index (χ0) is 14.9. The minimum Gasteiger partial charge on any atom is -0.497 e. The molecule has 2 amide bonds. The van der Waals surface area contributed by atoms with E-state index in [1.165, 1.54) is 32.1 Å². The van der Waals surface area contributed by atoms with Crippen LogP contribution < -0.4 is 15.4 Å². The lowest BCUT2D eigenvalue weighted by Gasteiger charge is -2.21. The van der Waals surface area contributed by atoms with Gasteiger partial charge in [0, 0.05) is 13.1 Å². The first-order valence-electron chi connectivity index (χ1n) is 7.92. The van der Waals surface area contributed by atoms with Gasteiger partial charge in [-0.1, -0.05) is 44.2 Å². The highest BCUT2D eigenvalue weighted by atomic mass is 16.5. The van der Waals surface area contributed by atoms with Crippen LogP contribution in [0.5, 0.6) is 5.75 Å². The van der Waals surface area contributed by atoms with Gasteiger partial charge in [-0.05, 0) is 30.0 Å². The quantitative estimate of drug-likeness (QED) is 0.843. The zero-order valence-corrected chi connectivity index (χ0v) is 12.9. The van der Waals surface area contributed by atoms with Crippen LogP contribution in [0.25, 0.3) is 0 Å². The maximum Gasteiger partial charge on any atom is 0.315 e. The number of benzene rings is 1. The van der Waals surface area contributed by atoms with Crippen LogP contribution >= 0.6 is 0 Å². The molecule has 2 N–H and O–H groups in total. The van der Waals surface area contributed by atoms with E-state index < -0.39 is 0 Å². The van der Waals surface area contributed by atoms with Crippen molar-refractivity contribution in [1.82, 2.24) is 10.6 Å². The van der Waals surface area contributed by atoms with Crippen LogP contribution in [0.15, 0.2) is 24.3 Å². The minimum atomic E-state index is -0.0818. The van der Waals surface area contributed by atoms with Crippen molar-refractivity contribution in [1.29, 1.82) is 0 Å². The molecule has 0 atom stereocenters. The van der Waals surface area contributed by atoms with E-state index >= 15 is 0 Å². The predicted molar refractivity (Wildman–Crippen MR) is 84.4 cm³/mol. The first kappa shape index (κ1) is 15.7. The molecule has 0 aromatic heterocycles. The smallest absolute Gasteiger partial charge is 0.315 e. The number of carbonyl (C=O) groups excluding carboxylic acids is 1. The topological polar surface area (TPSA) is 50.4 Å². The average Bonchev–Trinajstić information content (AvgIpc) is 2.54. The summed E-state index contributed by atoms with van der Waals surface area (Å²) in [4.78, 5) is 11.7. The summed E-state index contributed by atoms with van der Waals surface area (Å²) in [5.41, 5.74) is 1.07. The third-order valence-electron chi connectivity index (χ3n) is 4.18. The fourth-order valence-corrected chi connectivity index (χ4v) is 2.85. The van der Waals surface area contributed by atoms with Gasteiger partial charge in [0.25, 0.3) is 0 Å². The number of hydrogen-bond donors (Lipinski definition) is 2. The van der Waals surface area contributed by atoms with Crippen molar-refractivity contribution in [2.24, 2.45) is 5.92 Å². The van der Waals surface area contributed by atoms with Crippen LogP contribution in [-0.2, 0) is 6.54 Å². The molecule has 2 rings (SSSR count). The zero-order valence-electron chi connectivity index (χ0n) is 12.9. The second-order valence-electron chi connectivity index (χ2n) is 5.75. The highest BCUT2D eigenvalue weighted by Crippen LogP contribution is 2.25. The molecule has 0 spiro atoms. The SMILES string of the molecule is COc1ccc(CNC(=O)NCCC2CCCCC2)cc1. The van der Waals surface area contributed by atoms with Gasteiger partial charge in [-0.25, -0.2) is 4.79 Å². The minimum absolute atomic E-state index is 0.0818. The van der Waals surface area contributed by atoms with E-state index in [4.69, 9.17) is 4.74 Å². The normalized spacial score (nSPS) is 15.5. The number of methoxy groups -OCH3 is 1. The summed E-state index contributed by atoms with van der Waals surface area (Å²) in [6.07, 6.45) is 7.86. The van der Waals surface area contributed by atoms with Gasteiger partial charge < -0.3 is 15.4 Å². The first-order valence-corrected chi connectivity index (χ1v) is 7.92. The summed E-state index contributed by atoms with van der Waals surface area (Å²) < 4.78 is 5.11. The monoisotopic (exact) mass is 290 g/mol. The van der Waals surface area contributed by atoms with Gasteiger partial charge in [-0.3, -0.25) is 0 Å². The Balaban J connectivity index is 1.60. The second-order valence-corrected chi connectivity index (χ2v) is 5.75. The van der Waals surface area contributed by atoms with E-state index in [1.54, 1.807) is 7.11 Å². The lowest BCUT2D eigenvalue weighted by Crippen LogP contribution is -2.36. The Hall–Kier alpha value is -1.71. The van der Waals surface area contributed by atoms with Crippen molar-refractivity contribution in [2.45, 2.75) is 45.1 Å². The Morgan fingerprint density at radius 3 is 2.52 bits per heavy atom. The molecule has 21 heavy (non-hydrogen) atoms. The molecule has 1 aromatic carbocycles. The molecule has 1 aliphatic rings. The van der Waals surface area contributed by atoms with E-state index in [9.17, 15) is 4.79 Å². The number of urea groups is 1. The number of rotatable bonds is 6. The van der Waals surface area contributed by atoms with Crippen LogP contribution in [0.2, 0.25) is 0 Å². The van der Waals surface area contributed by atoms with E-state index in [0.29, 0.717) is 6.54 Å². The molecular formula is C17H26N2O2. The molecule has 1 aromatic rings. The van der Waals surface area contributed by atoms with Crippen molar-refractivity contribution >= 4 is 6.03 Å². The molecule has 0 saturated heterocycles. The standard InChI is InChI=1S/C17H26N2O2/c1-21-16-9-7-15(8-10-16)13-19-17(20)18-12-11-14-5-3-2-4-6-14/h7-10,14H,2-6,11-13H2,1H3,(H2,18,19,20). The summed E-state index contributed by atoms with van der Waals surface area (Å²) in [5.74, 6) is 1.64. The predicted octanol–water partition coefficient (Wildman–Crippen LogP) is 3.46. The molecule has 0 radical (unpaired) electrons. The summed E-state index contributed by atoms with van der Waals surface area (Å²) >= 11 is 0. The third-order valence-corrected chi connectivity index (χ3v) is 4.18. The number of amides is 2. The van der Waals surface area contributed by atoms with Crippen LogP contribution in [0, 0.1) is 5.92 Å². The molecule has 0 aliphatic heterocycles. The molecule has 0 unspecified atom stereocenters. The molecule has 1 aliphatic carbocycles. The van der Waals surface area contributed by atoms with E-state index in [-0.39, 0.29) is 6.03 Å². The van der Waals surface area contributed by atoms with E-state index in [1.807, 2.05) is 24.3 Å². The van der Waals surface area contributed by atoms with Crippen LogP contribution in [0.4, 0.5) is 4.79 Å². The van der Waals surface area contributed by atoms with Crippen LogP contribution in [-0.4, -0.2) is 19.7 Å². The molecule has 4 heteroatoms. The summed E-state index contributed by atoms with van der Waals surface area (Å²) in [6.45, 7) is 1.32. The Morgan fingerprint density at radius 2 is 1.86 bits per heavy atom. The molecule has 116 valence electrons. The van der Waals surface area contributed by atoms with Gasteiger partial charge in [-0.2, -0.15) is 0 Å². The van der Waals surface area contributed by atoms with Gasteiger partial charge in [0.15, 0.2) is 0 Å². The highest BCUT2D eigenvalue weighted by molar-refractivity contribution is 5.73. The van der Waals surface area contributed by atoms with Gasteiger partial charge >= 0.3 is 6.03 Å². The number of hydrogen-bond acceptors (Lipinski definition) is 2. The largest absolute Gasteiger partial charge is 0.497 e.